The van der Waals surface area contributed by atoms with Gasteiger partial charge in [-0.15, -0.1) is 0 Å². The van der Waals surface area contributed by atoms with Gasteiger partial charge in [0.25, 0.3) is 5.91 Å². The maximum atomic E-state index is 12.4. The van der Waals surface area contributed by atoms with E-state index in [4.69, 9.17) is 5.73 Å². The number of nitrogens with two attached hydrogens (primary N) is 1. The number of amides is 1. The predicted octanol–water partition coefficient (Wildman–Crippen LogP) is 2.85. The summed E-state index contributed by atoms with van der Waals surface area (Å²) >= 11 is 2.22. The normalized spacial score (nSPS) is 23.1. The summed E-state index contributed by atoms with van der Waals surface area (Å²) in [5, 5.41) is 3.18. The second-order valence-electron chi connectivity index (χ2n) is 5.34. The average Bonchev–Trinajstić information content (AvgIpc) is 2.42. The smallest absolute Gasteiger partial charge is 0.252 e. The van der Waals surface area contributed by atoms with Gasteiger partial charge in [-0.3, -0.25) is 4.79 Å². The summed E-state index contributed by atoms with van der Waals surface area (Å²) in [7, 11) is 0. The molecule has 0 aliphatic heterocycles. The average molecular weight is 372 g/mol. The number of hydrogen-bond donors (Lipinski definition) is 2. The van der Waals surface area contributed by atoms with E-state index in [-0.39, 0.29) is 11.9 Å². The van der Waals surface area contributed by atoms with Gasteiger partial charge in [-0.2, -0.15) is 0 Å². The Morgan fingerprint density at radius 1 is 1.42 bits per heavy atom. The van der Waals surface area contributed by atoms with E-state index in [0.29, 0.717) is 12.5 Å². The highest BCUT2D eigenvalue weighted by molar-refractivity contribution is 14.1. The Bertz CT molecular complexity index is 461. The SMILES string of the molecule is Cc1ccc(I)c(C(=O)NC2CCCCC2CN)c1. The lowest BCUT2D eigenvalue weighted by Crippen LogP contribution is -2.44. The second kappa shape index (κ2) is 6.70. The minimum atomic E-state index is 0.0402. The van der Waals surface area contributed by atoms with Gasteiger partial charge in [-0.05, 0) is 67.0 Å². The van der Waals surface area contributed by atoms with Crippen molar-refractivity contribution in [3.8, 4) is 0 Å². The molecule has 0 spiro atoms. The first kappa shape index (κ1) is 14.8. The van der Waals surface area contributed by atoms with Gasteiger partial charge in [0.1, 0.15) is 0 Å². The molecular formula is C15H21IN2O. The molecule has 1 amide bonds. The van der Waals surface area contributed by atoms with Crippen molar-refractivity contribution in [3.05, 3.63) is 32.9 Å². The van der Waals surface area contributed by atoms with Gasteiger partial charge >= 0.3 is 0 Å². The van der Waals surface area contributed by atoms with Gasteiger partial charge in [-0.25, -0.2) is 0 Å². The third-order valence-corrected chi connectivity index (χ3v) is 4.84. The molecule has 3 nitrogen and oxygen atoms in total. The van der Waals surface area contributed by atoms with Crippen LogP contribution >= 0.6 is 22.6 Å². The van der Waals surface area contributed by atoms with Crippen LogP contribution in [0, 0.1) is 16.4 Å². The summed E-state index contributed by atoms with van der Waals surface area (Å²) in [6.45, 7) is 2.67. The summed E-state index contributed by atoms with van der Waals surface area (Å²) in [6.07, 6.45) is 4.60. The Kier molecular flexibility index (Phi) is 5.21. The van der Waals surface area contributed by atoms with Crippen molar-refractivity contribution in [1.82, 2.24) is 5.32 Å². The van der Waals surface area contributed by atoms with E-state index in [1.807, 2.05) is 25.1 Å². The second-order valence-corrected chi connectivity index (χ2v) is 6.51. The number of hydrogen-bond acceptors (Lipinski definition) is 2. The summed E-state index contributed by atoms with van der Waals surface area (Å²) < 4.78 is 1.00. The molecule has 1 fully saturated rings. The van der Waals surface area contributed by atoms with E-state index in [1.54, 1.807) is 0 Å². The first-order valence-corrected chi connectivity index (χ1v) is 7.96. The van der Waals surface area contributed by atoms with Gasteiger partial charge < -0.3 is 11.1 Å². The standard InChI is InChI=1S/C15H21IN2O/c1-10-6-7-13(16)12(8-10)15(19)18-14-5-3-2-4-11(14)9-17/h6-8,11,14H,2-5,9,17H2,1H3,(H,18,19). The van der Waals surface area contributed by atoms with Crippen LogP contribution in [0.2, 0.25) is 0 Å². The molecular weight excluding hydrogens is 351 g/mol. The Morgan fingerprint density at radius 2 is 2.16 bits per heavy atom. The number of nitrogens with one attached hydrogen (secondary N) is 1. The van der Waals surface area contributed by atoms with Crippen molar-refractivity contribution >= 4 is 28.5 Å². The van der Waals surface area contributed by atoms with Crippen LogP contribution in [0.1, 0.15) is 41.6 Å². The van der Waals surface area contributed by atoms with E-state index in [0.717, 1.165) is 27.5 Å². The topological polar surface area (TPSA) is 55.1 Å². The van der Waals surface area contributed by atoms with Crippen LogP contribution in [0.25, 0.3) is 0 Å². The first-order chi connectivity index (χ1) is 9.11. The zero-order valence-corrected chi connectivity index (χ0v) is 13.4. The minimum absolute atomic E-state index is 0.0402. The van der Waals surface area contributed by atoms with Crippen molar-refractivity contribution in [2.45, 2.75) is 38.6 Å². The molecule has 0 saturated heterocycles. The van der Waals surface area contributed by atoms with Gasteiger partial charge in [-0.1, -0.05) is 24.5 Å². The molecule has 2 atom stereocenters. The summed E-state index contributed by atoms with van der Waals surface area (Å²) in [5.74, 6) is 0.471. The molecule has 1 saturated carbocycles. The van der Waals surface area contributed by atoms with Crippen LogP contribution in [0.15, 0.2) is 18.2 Å². The third-order valence-electron chi connectivity index (χ3n) is 3.89. The zero-order valence-electron chi connectivity index (χ0n) is 11.3. The van der Waals surface area contributed by atoms with Gasteiger partial charge in [0.05, 0.1) is 5.56 Å². The molecule has 104 valence electrons. The molecule has 2 unspecified atom stereocenters. The summed E-state index contributed by atoms with van der Waals surface area (Å²) in [5.41, 5.74) is 7.70. The molecule has 1 aromatic rings. The Balaban J connectivity index is 2.09. The predicted molar refractivity (Wildman–Crippen MR) is 86.2 cm³/mol. The number of carbonyl (C=O) groups is 1. The van der Waals surface area contributed by atoms with E-state index in [9.17, 15) is 4.79 Å². The molecule has 1 aromatic carbocycles. The molecule has 0 bridgehead atoms. The zero-order chi connectivity index (χ0) is 13.8. The van der Waals surface area contributed by atoms with Crippen molar-refractivity contribution < 1.29 is 4.79 Å². The number of halogens is 1. The van der Waals surface area contributed by atoms with E-state index in [1.165, 1.54) is 12.8 Å². The molecule has 0 heterocycles. The number of rotatable bonds is 3. The summed E-state index contributed by atoms with van der Waals surface area (Å²) in [4.78, 5) is 12.4. The van der Waals surface area contributed by atoms with E-state index < -0.39 is 0 Å². The molecule has 0 aromatic heterocycles. The molecule has 3 N–H and O–H groups in total. The van der Waals surface area contributed by atoms with Crippen LogP contribution < -0.4 is 11.1 Å². The number of aryl methyl sites for hydroxylation is 1. The Labute approximate surface area is 128 Å². The lowest BCUT2D eigenvalue weighted by molar-refractivity contribution is 0.0907. The van der Waals surface area contributed by atoms with Crippen LogP contribution in [0.3, 0.4) is 0 Å². The van der Waals surface area contributed by atoms with E-state index >= 15 is 0 Å². The van der Waals surface area contributed by atoms with Crippen molar-refractivity contribution in [2.75, 3.05) is 6.54 Å². The molecule has 4 heteroatoms. The monoisotopic (exact) mass is 372 g/mol. The summed E-state index contributed by atoms with van der Waals surface area (Å²) in [6, 6.07) is 6.22. The lowest BCUT2D eigenvalue weighted by Gasteiger charge is -2.31. The fourth-order valence-corrected chi connectivity index (χ4v) is 3.32. The Morgan fingerprint density at radius 3 is 2.89 bits per heavy atom. The highest BCUT2D eigenvalue weighted by atomic mass is 127. The third kappa shape index (κ3) is 3.69. The quantitative estimate of drug-likeness (QED) is 0.802. The van der Waals surface area contributed by atoms with Crippen LogP contribution in [-0.2, 0) is 0 Å². The maximum absolute atomic E-state index is 12.4. The van der Waals surface area contributed by atoms with Crippen LogP contribution in [0.5, 0.6) is 0 Å². The fourth-order valence-electron chi connectivity index (χ4n) is 2.74. The molecule has 0 radical (unpaired) electrons. The molecule has 19 heavy (non-hydrogen) atoms. The van der Waals surface area contributed by atoms with Crippen molar-refractivity contribution in [3.63, 3.8) is 0 Å². The highest BCUT2D eigenvalue weighted by Crippen LogP contribution is 2.24. The minimum Gasteiger partial charge on any atom is -0.349 e. The van der Waals surface area contributed by atoms with Crippen molar-refractivity contribution in [2.24, 2.45) is 11.7 Å². The van der Waals surface area contributed by atoms with Gasteiger partial charge in [0.15, 0.2) is 0 Å². The lowest BCUT2D eigenvalue weighted by atomic mass is 9.84. The first-order valence-electron chi connectivity index (χ1n) is 6.89. The number of carbonyl (C=O) groups excluding carboxylic acids is 1. The molecule has 1 aliphatic carbocycles. The maximum Gasteiger partial charge on any atom is 0.252 e. The van der Waals surface area contributed by atoms with Crippen LogP contribution in [-0.4, -0.2) is 18.5 Å². The Hall–Kier alpha value is -0.620. The van der Waals surface area contributed by atoms with Gasteiger partial charge in [0, 0.05) is 9.61 Å². The van der Waals surface area contributed by atoms with Crippen LogP contribution in [0.4, 0.5) is 0 Å². The van der Waals surface area contributed by atoms with Crippen molar-refractivity contribution in [1.29, 1.82) is 0 Å². The number of benzene rings is 1. The largest absolute Gasteiger partial charge is 0.349 e. The molecule has 2 rings (SSSR count). The fraction of sp³-hybridized carbons (Fsp3) is 0.533. The van der Waals surface area contributed by atoms with Gasteiger partial charge in [0.2, 0.25) is 0 Å². The molecule has 1 aliphatic rings. The van der Waals surface area contributed by atoms with E-state index in [2.05, 4.69) is 27.9 Å². The highest BCUT2D eigenvalue weighted by Gasteiger charge is 2.26.